The molecule has 0 amide bonds. The maximum atomic E-state index is 6.10. The Labute approximate surface area is 141 Å². The lowest BCUT2D eigenvalue weighted by atomic mass is 9.99. The smallest absolute Gasteiger partial charge is 0.221 e. The summed E-state index contributed by atoms with van der Waals surface area (Å²) in [6, 6.07) is 17.6. The third-order valence-corrected chi connectivity index (χ3v) is 3.92. The van der Waals surface area contributed by atoms with Crippen molar-refractivity contribution in [1.29, 1.82) is 0 Å². The van der Waals surface area contributed by atoms with Gasteiger partial charge in [0.15, 0.2) is 0 Å². The van der Waals surface area contributed by atoms with Crippen LogP contribution in [-0.2, 0) is 6.42 Å². The fourth-order valence-corrected chi connectivity index (χ4v) is 2.72. The molecule has 114 valence electrons. The van der Waals surface area contributed by atoms with E-state index in [0.717, 1.165) is 34.2 Å². The number of halogens is 1. The van der Waals surface area contributed by atoms with Crippen molar-refractivity contribution in [3.63, 3.8) is 0 Å². The van der Waals surface area contributed by atoms with Crippen molar-refractivity contribution in [2.24, 2.45) is 0 Å². The Balaban J connectivity index is 2.01. The minimum Gasteiger partial charge on any atom is -0.481 e. The minimum absolute atomic E-state index is 0.581. The van der Waals surface area contributed by atoms with E-state index in [1.54, 1.807) is 7.11 Å². The zero-order valence-corrected chi connectivity index (χ0v) is 13.5. The van der Waals surface area contributed by atoms with Crippen molar-refractivity contribution in [3.05, 3.63) is 89.4 Å². The SMILES string of the molecule is [CH]c1ccccc1Cc1cnc(OC)c(-c2cccc(Cl)c2)c1. The van der Waals surface area contributed by atoms with Gasteiger partial charge < -0.3 is 4.74 Å². The molecular weight excluding hydrogens is 306 g/mol. The predicted molar refractivity (Wildman–Crippen MR) is 93.9 cm³/mol. The molecule has 2 radical (unpaired) electrons. The molecule has 0 saturated carbocycles. The highest BCUT2D eigenvalue weighted by Crippen LogP contribution is 2.31. The maximum absolute atomic E-state index is 6.10. The van der Waals surface area contributed by atoms with Gasteiger partial charge in [0.25, 0.3) is 0 Å². The molecule has 0 aliphatic carbocycles. The summed E-state index contributed by atoms with van der Waals surface area (Å²) in [5.41, 5.74) is 4.83. The highest BCUT2D eigenvalue weighted by atomic mass is 35.5. The second-order valence-electron chi connectivity index (χ2n) is 5.29. The first-order valence-electron chi connectivity index (χ1n) is 7.29. The second kappa shape index (κ2) is 6.84. The second-order valence-corrected chi connectivity index (χ2v) is 5.72. The van der Waals surface area contributed by atoms with Crippen LogP contribution < -0.4 is 4.74 Å². The first kappa shape index (κ1) is 15.6. The zero-order valence-electron chi connectivity index (χ0n) is 12.8. The van der Waals surface area contributed by atoms with Crippen molar-refractivity contribution in [1.82, 2.24) is 4.98 Å². The van der Waals surface area contributed by atoms with Gasteiger partial charge in [0.2, 0.25) is 5.88 Å². The number of pyridine rings is 1. The van der Waals surface area contributed by atoms with Gasteiger partial charge in [0, 0.05) is 16.8 Å². The standard InChI is InChI=1S/C20H16ClNO/c1-14-6-3-4-7-16(14)10-15-11-19(20(23-2)22-13-15)17-8-5-9-18(21)12-17/h1,3-9,11-13H,10H2,2H3. The summed E-state index contributed by atoms with van der Waals surface area (Å²) in [7, 11) is 1.62. The van der Waals surface area contributed by atoms with E-state index in [4.69, 9.17) is 23.3 Å². The number of hydrogen-bond donors (Lipinski definition) is 0. The van der Waals surface area contributed by atoms with Crippen LogP contribution in [0.5, 0.6) is 5.88 Å². The van der Waals surface area contributed by atoms with E-state index >= 15 is 0 Å². The molecule has 0 N–H and O–H groups in total. The van der Waals surface area contributed by atoms with Crippen LogP contribution in [0.25, 0.3) is 11.1 Å². The Morgan fingerprint density at radius 2 is 1.91 bits per heavy atom. The predicted octanol–water partition coefficient (Wildman–Crippen LogP) is 5.06. The van der Waals surface area contributed by atoms with Gasteiger partial charge in [0.1, 0.15) is 0 Å². The molecule has 1 heterocycles. The van der Waals surface area contributed by atoms with Gasteiger partial charge in [-0.15, -0.1) is 0 Å². The van der Waals surface area contributed by atoms with Crippen LogP contribution in [0, 0.1) is 6.92 Å². The van der Waals surface area contributed by atoms with Crippen LogP contribution in [0.15, 0.2) is 60.8 Å². The van der Waals surface area contributed by atoms with Crippen molar-refractivity contribution in [2.45, 2.75) is 6.42 Å². The molecule has 0 spiro atoms. The molecule has 2 aromatic carbocycles. The average molecular weight is 322 g/mol. The van der Waals surface area contributed by atoms with Gasteiger partial charge in [-0.05, 0) is 53.8 Å². The van der Waals surface area contributed by atoms with E-state index in [1.807, 2.05) is 54.7 Å². The van der Waals surface area contributed by atoms with Crippen LogP contribution in [-0.4, -0.2) is 12.1 Å². The quantitative estimate of drug-likeness (QED) is 0.670. The summed E-state index contributed by atoms with van der Waals surface area (Å²) in [6.07, 6.45) is 2.54. The summed E-state index contributed by atoms with van der Waals surface area (Å²) < 4.78 is 5.39. The lowest BCUT2D eigenvalue weighted by molar-refractivity contribution is 0.399. The number of methoxy groups -OCH3 is 1. The summed E-state index contributed by atoms with van der Waals surface area (Å²) in [6.45, 7) is 6.03. The summed E-state index contributed by atoms with van der Waals surface area (Å²) in [5, 5.41) is 0.683. The van der Waals surface area contributed by atoms with Crippen LogP contribution in [0.1, 0.15) is 16.7 Å². The Hall–Kier alpha value is -2.32. The zero-order chi connectivity index (χ0) is 16.2. The van der Waals surface area contributed by atoms with Crippen molar-refractivity contribution >= 4 is 11.6 Å². The first-order valence-corrected chi connectivity index (χ1v) is 7.67. The number of nitrogens with zero attached hydrogens (tertiary/aromatic N) is 1. The van der Waals surface area contributed by atoms with E-state index in [1.165, 1.54) is 0 Å². The van der Waals surface area contributed by atoms with Crippen molar-refractivity contribution in [2.75, 3.05) is 7.11 Å². The molecule has 0 aliphatic heterocycles. The van der Waals surface area contributed by atoms with Crippen LogP contribution in [0.4, 0.5) is 0 Å². The summed E-state index contributed by atoms with van der Waals surface area (Å²) in [4.78, 5) is 4.42. The summed E-state index contributed by atoms with van der Waals surface area (Å²) >= 11 is 6.10. The van der Waals surface area contributed by atoms with Crippen molar-refractivity contribution in [3.8, 4) is 17.0 Å². The van der Waals surface area contributed by atoms with Gasteiger partial charge in [-0.2, -0.15) is 0 Å². The van der Waals surface area contributed by atoms with Gasteiger partial charge >= 0.3 is 0 Å². The third kappa shape index (κ3) is 3.54. The van der Waals surface area contributed by atoms with Crippen molar-refractivity contribution < 1.29 is 4.74 Å². The molecule has 0 aliphatic rings. The van der Waals surface area contributed by atoms with Gasteiger partial charge in [0.05, 0.1) is 7.11 Å². The maximum Gasteiger partial charge on any atom is 0.221 e. The number of hydrogen-bond acceptors (Lipinski definition) is 2. The molecule has 1 aromatic heterocycles. The highest BCUT2D eigenvalue weighted by Gasteiger charge is 2.10. The van der Waals surface area contributed by atoms with Crippen LogP contribution in [0.2, 0.25) is 5.02 Å². The first-order chi connectivity index (χ1) is 11.2. The molecular formula is C20H16ClNO. The fraction of sp³-hybridized carbons (Fsp3) is 0.100. The lowest BCUT2D eigenvalue weighted by Gasteiger charge is -2.11. The molecule has 0 fully saturated rings. The molecule has 23 heavy (non-hydrogen) atoms. The van der Waals surface area contributed by atoms with E-state index < -0.39 is 0 Å². The molecule has 0 unspecified atom stereocenters. The largest absolute Gasteiger partial charge is 0.481 e. The molecule has 3 rings (SSSR count). The molecule has 0 saturated heterocycles. The Bertz CT molecular complexity index is 829. The number of rotatable bonds is 4. The Morgan fingerprint density at radius 3 is 2.65 bits per heavy atom. The summed E-state index contributed by atoms with van der Waals surface area (Å²) in [5.74, 6) is 0.581. The van der Waals surface area contributed by atoms with Gasteiger partial charge in [-0.25, -0.2) is 4.98 Å². The van der Waals surface area contributed by atoms with E-state index in [2.05, 4.69) is 11.1 Å². The van der Waals surface area contributed by atoms with E-state index in [0.29, 0.717) is 10.9 Å². The van der Waals surface area contributed by atoms with Gasteiger partial charge in [-0.1, -0.05) is 48.0 Å². The minimum atomic E-state index is 0.581. The van der Waals surface area contributed by atoms with Gasteiger partial charge in [-0.3, -0.25) is 0 Å². The molecule has 3 aromatic rings. The lowest BCUT2D eigenvalue weighted by Crippen LogP contribution is -1.97. The molecule has 2 nitrogen and oxygen atoms in total. The van der Waals surface area contributed by atoms with Crippen LogP contribution >= 0.6 is 11.6 Å². The third-order valence-electron chi connectivity index (χ3n) is 3.69. The number of ether oxygens (including phenoxy) is 1. The number of benzene rings is 2. The number of aromatic nitrogens is 1. The Kier molecular flexibility index (Phi) is 4.63. The monoisotopic (exact) mass is 321 g/mol. The normalized spacial score (nSPS) is 10.6. The Morgan fingerprint density at radius 1 is 1.09 bits per heavy atom. The molecule has 0 atom stereocenters. The molecule has 3 heteroatoms. The van der Waals surface area contributed by atoms with E-state index in [-0.39, 0.29) is 0 Å². The fourth-order valence-electron chi connectivity index (χ4n) is 2.53. The highest BCUT2D eigenvalue weighted by molar-refractivity contribution is 6.30. The van der Waals surface area contributed by atoms with E-state index in [9.17, 15) is 0 Å². The molecule has 0 bridgehead atoms. The average Bonchev–Trinajstić information content (AvgIpc) is 2.57. The van der Waals surface area contributed by atoms with Crippen LogP contribution in [0.3, 0.4) is 0 Å². The topological polar surface area (TPSA) is 22.1 Å².